The van der Waals surface area contributed by atoms with Crippen molar-refractivity contribution in [1.82, 2.24) is 0 Å². The van der Waals surface area contributed by atoms with Crippen LogP contribution in [0.1, 0.15) is 22.7 Å². The molecule has 1 aliphatic heterocycles. The average Bonchev–Trinajstić information content (AvgIpc) is 3.12. The minimum absolute atomic E-state index is 0.0528. The maximum atomic E-state index is 13.4. The number of methoxy groups -OCH3 is 2. The molecule has 38 heavy (non-hydrogen) atoms. The van der Waals surface area contributed by atoms with Gasteiger partial charge in [0.25, 0.3) is 11.7 Å². The Morgan fingerprint density at radius 1 is 0.974 bits per heavy atom. The second-order valence-corrected chi connectivity index (χ2v) is 8.72. The molecule has 0 bridgehead atoms. The van der Waals surface area contributed by atoms with Crippen molar-refractivity contribution in [3.8, 4) is 17.2 Å². The first-order chi connectivity index (χ1) is 17.9. The van der Waals surface area contributed by atoms with Gasteiger partial charge in [0.15, 0.2) is 0 Å². The van der Waals surface area contributed by atoms with E-state index in [-0.39, 0.29) is 27.6 Å². The number of hydrogen-bond donors (Lipinski definition) is 1. The van der Waals surface area contributed by atoms with Crippen molar-refractivity contribution in [2.45, 2.75) is 19.3 Å². The van der Waals surface area contributed by atoms with Crippen LogP contribution in [0.3, 0.4) is 0 Å². The molecule has 1 fully saturated rings. The van der Waals surface area contributed by atoms with E-state index < -0.39 is 35.6 Å². The number of nitrogens with zero attached hydrogens (tertiary/aromatic N) is 1. The number of alkyl halides is 3. The van der Waals surface area contributed by atoms with Gasteiger partial charge in [-0.1, -0.05) is 29.8 Å². The summed E-state index contributed by atoms with van der Waals surface area (Å²) in [6, 6.07) is 12.9. The highest BCUT2D eigenvalue weighted by atomic mass is 35.5. The second-order valence-electron chi connectivity index (χ2n) is 8.31. The smallest absolute Gasteiger partial charge is 0.507 e. The number of carbonyl (C=O) groups excluding carboxylic acids is 2. The molecule has 0 spiro atoms. The maximum absolute atomic E-state index is 13.4. The van der Waals surface area contributed by atoms with Gasteiger partial charge in [0.1, 0.15) is 23.0 Å². The van der Waals surface area contributed by atoms with E-state index in [9.17, 15) is 27.9 Å². The average molecular weight is 548 g/mol. The van der Waals surface area contributed by atoms with Crippen LogP contribution in [0.2, 0.25) is 5.02 Å². The first-order valence-electron chi connectivity index (χ1n) is 11.1. The minimum atomic E-state index is -4.97. The van der Waals surface area contributed by atoms with Crippen LogP contribution in [0.15, 0.2) is 66.2 Å². The molecule has 1 unspecified atom stereocenters. The molecule has 198 valence electrons. The number of aryl methyl sites for hydroxylation is 1. The fourth-order valence-corrected chi connectivity index (χ4v) is 4.64. The van der Waals surface area contributed by atoms with Crippen LogP contribution in [0.4, 0.5) is 18.9 Å². The molecule has 0 saturated carbocycles. The highest BCUT2D eigenvalue weighted by Gasteiger charge is 2.47. The number of Topliss-reactive ketones (excluding diaryl/α,β-unsaturated/α-hetero) is 1. The van der Waals surface area contributed by atoms with Crippen molar-refractivity contribution >= 4 is 34.7 Å². The standard InChI is InChI=1S/C27H21ClF3NO6/c1-14-11-19(25(37-3)20(28)12-14)23(33)21-22(15-7-9-17(36-2)10-8-15)32(26(35)24(21)34)16-5-4-6-18(13-16)38-27(29,30)31/h4-13,22,33H,1-3H3/b23-21+. The Kier molecular flexibility index (Phi) is 7.28. The van der Waals surface area contributed by atoms with E-state index in [0.29, 0.717) is 16.9 Å². The van der Waals surface area contributed by atoms with Gasteiger partial charge in [0.2, 0.25) is 0 Å². The molecule has 4 rings (SSSR count). The number of rotatable bonds is 6. The molecular weight excluding hydrogens is 527 g/mol. The molecule has 0 radical (unpaired) electrons. The minimum Gasteiger partial charge on any atom is -0.507 e. The molecule has 11 heteroatoms. The summed E-state index contributed by atoms with van der Waals surface area (Å²) in [7, 11) is 2.79. The van der Waals surface area contributed by atoms with E-state index in [1.54, 1.807) is 37.3 Å². The Balaban J connectivity index is 1.96. The summed E-state index contributed by atoms with van der Waals surface area (Å²) in [6.07, 6.45) is -4.97. The molecule has 3 aromatic rings. The van der Waals surface area contributed by atoms with Crippen molar-refractivity contribution in [1.29, 1.82) is 0 Å². The van der Waals surface area contributed by atoms with Crippen LogP contribution in [0.25, 0.3) is 5.76 Å². The number of anilines is 1. The van der Waals surface area contributed by atoms with Crippen molar-refractivity contribution in [2.75, 3.05) is 19.1 Å². The van der Waals surface area contributed by atoms with Crippen LogP contribution < -0.4 is 19.1 Å². The summed E-state index contributed by atoms with van der Waals surface area (Å²) in [6.45, 7) is 1.72. The lowest BCUT2D eigenvalue weighted by Gasteiger charge is -2.26. The molecule has 1 atom stereocenters. The number of aliphatic hydroxyl groups is 1. The molecular formula is C27H21ClF3NO6. The fourth-order valence-electron chi connectivity index (χ4n) is 4.29. The molecule has 0 aromatic heterocycles. The van der Waals surface area contributed by atoms with Gasteiger partial charge in [-0.2, -0.15) is 0 Å². The van der Waals surface area contributed by atoms with E-state index in [0.717, 1.165) is 17.0 Å². The Bertz CT molecular complexity index is 1440. The third-order valence-corrected chi connectivity index (χ3v) is 6.13. The second kappa shape index (κ2) is 10.3. The van der Waals surface area contributed by atoms with Crippen LogP contribution in [-0.4, -0.2) is 37.4 Å². The van der Waals surface area contributed by atoms with Gasteiger partial charge < -0.3 is 19.3 Å². The molecule has 1 amide bonds. The first kappa shape index (κ1) is 26.9. The van der Waals surface area contributed by atoms with E-state index in [4.69, 9.17) is 21.1 Å². The van der Waals surface area contributed by atoms with Crippen molar-refractivity contribution in [2.24, 2.45) is 0 Å². The highest BCUT2D eigenvalue weighted by Crippen LogP contribution is 2.45. The van der Waals surface area contributed by atoms with Gasteiger partial charge in [0.05, 0.1) is 36.4 Å². The number of benzene rings is 3. The predicted octanol–water partition coefficient (Wildman–Crippen LogP) is 6.19. The number of amides is 1. The first-order valence-corrected chi connectivity index (χ1v) is 11.5. The number of halogens is 4. The van der Waals surface area contributed by atoms with Crippen molar-refractivity contribution in [3.05, 3.63) is 87.9 Å². The quantitative estimate of drug-likeness (QED) is 0.225. The Labute approximate surface area is 220 Å². The molecule has 3 aromatic carbocycles. The summed E-state index contributed by atoms with van der Waals surface area (Å²) in [5, 5.41) is 11.6. The van der Waals surface area contributed by atoms with Gasteiger partial charge in [-0.25, -0.2) is 0 Å². The van der Waals surface area contributed by atoms with E-state index in [2.05, 4.69) is 4.74 Å². The van der Waals surface area contributed by atoms with Gasteiger partial charge in [-0.05, 0) is 54.4 Å². The Hall–Kier alpha value is -4.18. The maximum Gasteiger partial charge on any atom is 0.573 e. The Morgan fingerprint density at radius 3 is 2.26 bits per heavy atom. The van der Waals surface area contributed by atoms with Gasteiger partial charge >= 0.3 is 6.36 Å². The third kappa shape index (κ3) is 5.12. The van der Waals surface area contributed by atoms with Gasteiger partial charge in [-0.15, -0.1) is 13.2 Å². The zero-order valence-corrected chi connectivity index (χ0v) is 21.1. The van der Waals surface area contributed by atoms with Crippen LogP contribution in [-0.2, 0) is 9.59 Å². The molecule has 0 aliphatic carbocycles. The normalized spacial score (nSPS) is 17.0. The number of ketones is 1. The van der Waals surface area contributed by atoms with E-state index >= 15 is 0 Å². The number of aliphatic hydroxyl groups excluding tert-OH is 1. The summed E-state index contributed by atoms with van der Waals surface area (Å²) in [5.41, 5.74) is 0.740. The van der Waals surface area contributed by atoms with Gasteiger partial charge in [-0.3, -0.25) is 14.5 Å². The largest absolute Gasteiger partial charge is 0.573 e. The summed E-state index contributed by atoms with van der Waals surface area (Å²) < 4.78 is 53.1. The zero-order chi connectivity index (χ0) is 27.8. The van der Waals surface area contributed by atoms with E-state index in [1.165, 1.54) is 32.4 Å². The fraction of sp³-hybridized carbons (Fsp3) is 0.185. The SMILES string of the molecule is COc1ccc(C2/C(=C(\O)c3cc(C)cc(Cl)c3OC)C(=O)C(=O)N2c2cccc(OC(F)(F)F)c2)cc1. The van der Waals surface area contributed by atoms with Crippen LogP contribution in [0.5, 0.6) is 17.2 Å². The molecule has 1 aliphatic rings. The molecule has 1 saturated heterocycles. The number of carbonyl (C=O) groups is 2. The summed E-state index contributed by atoms with van der Waals surface area (Å²) in [5.74, 6) is -2.69. The van der Waals surface area contributed by atoms with E-state index in [1.807, 2.05) is 0 Å². The summed E-state index contributed by atoms with van der Waals surface area (Å²) in [4.78, 5) is 27.7. The molecule has 1 N–H and O–H groups in total. The third-order valence-electron chi connectivity index (χ3n) is 5.85. The number of hydrogen-bond acceptors (Lipinski definition) is 6. The summed E-state index contributed by atoms with van der Waals surface area (Å²) >= 11 is 6.29. The topological polar surface area (TPSA) is 85.3 Å². The Morgan fingerprint density at radius 2 is 1.66 bits per heavy atom. The lowest BCUT2D eigenvalue weighted by molar-refractivity contribution is -0.274. The van der Waals surface area contributed by atoms with Crippen molar-refractivity contribution < 1.29 is 42.1 Å². The lowest BCUT2D eigenvalue weighted by atomic mass is 9.94. The highest BCUT2D eigenvalue weighted by molar-refractivity contribution is 6.51. The molecule has 7 nitrogen and oxygen atoms in total. The molecule has 1 heterocycles. The van der Waals surface area contributed by atoms with Crippen LogP contribution >= 0.6 is 11.6 Å². The zero-order valence-electron chi connectivity index (χ0n) is 20.3. The van der Waals surface area contributed by atoms with Crippen LogP contribution in [0, 0.1) is 6.92 Å². The van der Waals surface area contributed by atoms with Crippen molar-refractivity contribution in [3.63, 3.8) is 0 Å². The lowest BCUT2D eigenvalue weighted by Crippen LogP contribution is -2.29. The predicted molar refractivity (Wildman–Crippen MR) is 134 cm³/mol. The number of ether oxygens (including phenoxy) is 3. The monoisotopic (exact) mass is 547 g/mol. The van der Waals surface area contributed by atoms with Gasteiger partial charge in [0, 0.05) is 11.8 Å².